The van der Waals surface area contributed by atoms with Gasteiger partial charge in [-0.2, -0.15) is 0 Å². The van der Waals surface area contributed by atoms with Gasteiger partial charge in [0.1, 0.15) is 12.1 Å². The molecule has 1 aromatic rings. The molecule has 1 heterocycles. The fraction of sp³-hybridized carbons (Fsp3) is 0.778. The largest absolute Gasteiger partial charge is 0.467 e. The monoisotopic (exact) mass is 213 g/mol. The summed E-state index contributed by atoms with van der Waals surface area (Å²) in [5.74, 6) is 0. The van der Waals surface area contributed by atoms with Crippen molar-refractivity contribution in [2.45, 2.75) is 37.6 Å². The summed E-state index contributed by atoms with van der Waals surface area (Å²) in [4.78, 5) is 0. The minimum Gasteiger partial charge on any atom is -0.467 e. The van der Waals surface area contributed by atoms with Gasteiger partial charge < -0.3 is 10.5 Å². The maximum Gasteiger partial charge on any atom is 0.293 e. The summed E-state index contributed by atoms with van der Waals surface area (Å²) in [6.45, 7) is 0.572. The molecule has 1 fully saturated rings. The minimum atomic E-state index is -0.135. The van der Waals surface area contributed by atoms with Gasteiger partial charge in [0.25, 0.3) is 5.19 Å². The highest BCUT2D eigenvalue weighted by Crippen LogP contribution is 2.26. The lowest BCUT2D eigenvalue weighted by Crippen LogP contribution is -2.47. The van der Waals surface area contributed by atoms with Gasteiger partial charge in [-0.3, -0.25) is 0 Å². The summed E-state index contributed by atoms with van der Waals surface area (Å²) in [5.41, 5.74) is 7.74. The Morgan fingerprint density at radius 2 is 2.21 bits per heavy atom. The smallest absolute Gasteiger partial charge is 0.293 e. The van der Waals surface area contributed by atoms with Crippen LogP contribution in [0.1, 0.15) is 32.1 Å². The Hall–Kier alpha value is -0.680. The number of ether oxygens (including phenoxy) is 1. The normalized spacial score (nSPS) is 20.6. The van der Waals surface area contributed by atoms with Gasteiger partial charge in [-0.05, 0) is 12.8 Å². The molecule has 14 heavy (non-hydrogen) atoms. The lowest BCUT2D eigenvalue weighted by atomic mass is 9.83. The molecule has 0 radical (unpaired) electrons. The molecule has 0 aromatic carbocycles. The average Bonchev–Trinajstić information content (AvgIpc) is 2.69. The van der Waals surface area contributed by atoms with E-state index in [0.717, 1.165) is 12.8 Å². The molecule has 2 N–H and O–H groups in total. The Morgan fingerprint density at radius 3 is 2.86 bits per heavy atom. The van der Waals surface area contributed by atoms with E-state index in [1.54, 1.807) is 5.51 Å². The van der Waals surface area contributed by atoms with Crippen molar-refractivity contribution in [1.29, 1.82) is 0 Å². The number of hydrogen-bond acceptors (Lipinski definition) is 5. The van der Waals surface area contributed by atoms with E-state index >= 15 is 0 Å². The summed E-state index contributed by atoms with van der Waals surface area (Å²) in [6, 6.07) is 0. The molecule has 4 nitrogen and oxygen atoms in total. The Morgan fingerprint density at radius 1 is 1.43 bits per heavy atom. The highest BCUT2D eigenvalue weighted by Gasteiger charge is 2.28. The molecule has 0 atom stereocenters. The molecule has 0 amide bonds. The third kappa shape index (κ3) is 2.42. The van der Waals surface area contributed by atoms with Gasteiger partial charge in [-0.25, -0.2) is 0 Å². The van der Waals surface area contributed by atoms with Gasteiger partial charge in [-0.15, -0.1) is 10.2 Å². The van der Waals surface area contributed by atoms with Crippen molar-refractivity contribution in [3.8, 4) is 5.19 Å². The number of nitrogens with zero attached hydrogens (tertiary/aromatic N) is 2. The fourth-order valence-corrected chi connectivity index (χ4v) is 2.24. The number of aromatic nitrogens is 2. The second-order valence-electron chi connectivity index (χ2n) is 3.92. The predicted octanol–water partition coefficient (Wildman–Crippen LogP) is 1.58. The fourth-order valence-electron chi connectivity index (χ4n) is 1.83. The molecule has 0 spiro atoms. The highest BCUT2D eigenvalue weighted by atomic mass is 32.1. The Labute approximate surface area is 87.5 Å². The average molecular weight is 213 g/mol. The van der Waals surface area contributed by atoms with Crippen molar-refractivity contribution in [1.82, 2.24) is 10.2 Å². The van der Waals surface area contributed by atoms with Crippen molar-refractivity contribution in [3.63, 3.8) is 0 Å². The molecule has 0 unspecified atom stereocenters. The van der Waals surface area contributed by atoms with Crippen LogP contribution in [0, 0.1) is 0 Å². The van der Waals surface area contributed by atoms with Crippen molar-refractivity contribution in [2.24, 2.45) is 5.73 Å². The van der Waals surface area contributed by atoms with Crippen LogP contribution in [-0.2, 0) is 0 Å². The van der Waals surface area contributed by atoms with Crippen LogP contribution in [-0.4, -0.2) is 22.3 Å². The molecule has 1 aromatic heterocycles. The zero-order valence-corrected chi connectivity index (χ0v) is 8.92. The zero-order valence-electron chi connectivity index (χ0n) is 8.11. The highest BCUT2D eigenvalue weighted by molar-refractivity contribution is 7.11. The van der Waals surface area contributed by atoms with Gasteiger partial charge in [0, 0.05) is 0 Å². The molecule has 1 saturated carbocycles. The van der Waals surface area contributed by atoms with E-state index in [4.69, 9.17) is 10.5 Å². The van der Waals surface area contributed by atoms with Crippen LogP contribution in [0.3, 0.4) is 0 Å². The van der Waals surface area contributed by atoms with Crippen LogP contribution in [0.2, 0.25) is 0 Å². The molecule has 2 rings (SSSR count). The molecule has 0 bridgehead atoms. The van der Waals surface area contributed by atoms with Crippen LogP contribution in [0.4, 0.5) is 0 Å². The van der Waals surface area contributed by atoms with Crippen molar-refractivity contribution < 1.29 is 4.74 Å². The lowest BCUT2D eigenvalue weighted by molar-refractivity contribution is 0.172. The molecule has 5 heteroatoms. The van der Waals surface area contributed by atoms with Gasteiger partial charge in [0.2, 0.25) is 0 Å². The van der Waals surface area contributed by atoms with E-state index in [9.17, 15) is 0 Å². The van der Waals surface area contributed by atoms with Crippen molar-refractivity contribution in [3.05, 3.63) is 5.51 Å². The van der Waals surface area contributed by atoms with E-state index in [2.05, 4.69) is 10.2 Å². The molecule has 1 aliphatic carbocycles. The van der Waals surface area contributed by atoms with Crippen LogP contribution in [0.5, 0.6) is 5.19 Å². The van der Waals surface area contributed by atoms with E-state index in [0.29, 0.717) is 11.8 Å². The maximum atomic E-state index is 6.21. The lowest BCUT2D eigenvalue weighted by Gasteiger charge is -2.32. The SMILES string of the molecule is NC1(COc2nncs2)CCCCC1. The van der Waals surface area contributed by atoms with Gasteiger partial charge >= 0.3 is 0 Å². The summed E-state index contributed by atoms with van der Waals surface area (Å²) in [5, 5.41) is 8.16. The summed E-state index contributed by atoms with van der Waals surface area (Å²) < 4.78 is 5.51. The first-order chi connectivity index (χ1) is 6.79. The molecule has 78 valence electrons. The van der Waals surface area contributed by atoms with Gasteiger partial charge in [0.15, 0.2) is 0 Å². The number of rotatable bonds is 3. The minimum absolute atomic E-state index is 0.135. The van der Waals surface area contributed by atoms with Crippen molar-refractivity contribution in [2.75, 3.05) is 6.61 Å². The van der Waals surface area contributed by atoms with Gasteiger partial charge in [0.05, 0.1) is 5.54 Å². The third-order valence-corrected chi connectivity index (χ3v) is 3.27. The predicted molar refractivity (Wildman–Crippen MR) is 55.4 cm³/mol. The van der Waals surface area contributed by atoms with E-state index in [-0.39, 0.29) is 5.54 Å². The first kappa shape index (κ1) is 9.86. The summed E-state index contributed by atoms with van der Waals surface area (Å²) in [6.07, 6.45) is 5.86. The standard InChI is InChI=1S/C9H15N3OS/c10-9(4-2-1-3-5-9)6-13-8-12-11-7-14-8/h7H,1-6,10H2. The second kappa shape index (κ2) is 4.23. The first-order valence-corrected chi connectivity index (χ1v) is 5.84. The van der Waals surface area contributed by atoms with E-state index in [1.165, 1.54) is 30.6 Å². The molecule has 0 aliphatic heterocycles. The molecular formula is C9H15N3OS. The van der Waals surface area contributed by atoms with Crippen molar-refractivity contribution >= 4 is 11.3 Å². The number of hydrogen-bond donors (Lipinski definition) is 1. The molecule has 1 aliphatic rings. The Bertz CT molecular complexity index is 270. The first-order valence-electron chi connectivity index (χ1n) is 4.96. The van der Waals surface area contributed by atoms with Crippen LogP contribution in [0.25, 0.3) is 0 Å². The molecular weight excluding hydrogens is 198 g/mol. The summed E-state index contributed by atoms with van der Waals surface area (Å²) >= 11 is 1.41. The van der Waals surface area contributed by atoms with Gasteiger partial charge in [-0.1, -0.05) is 30.6 Å². The van der Waals surface area contributed by atoms with Crippen LogP contribution in [0.15, 0.2) is 5.51 Å². The topological polar surface area (TPSA) is 61.0 Å². The van der Waals surface area contributed by atoms with Crippen LogP contribution < -0.4 is 10.5 Å². The third-order valence-electron chi connectivity index (χ3n) is 2.67. The quantitative estimate of drug-likeness (QED) is 0.828. The van der Waals surface area contributed by atoms with E-state index < -0.39 is 0 Å². The Balaban J connectivity index is 1.84. The molecule has 0 saturated heterocycles. The zero-order chi connectivity index (χ0) is 9.86. The maximum absolute atomic E-state index is 6.21. The van der Waals surface area contributed by atoms with Crippen LogP contribution >= 0.6 is 11.3 Å². The summed E-state index contributed by atoms with van der Waals surface area (Å²) in [7, 11) is 0. The second-order valence-corrected chi connectivity index (χ2v) is 4.71. The van der Waals surface area contributed by atoms with E-state index in [1.807, 2.05) is 0 Å². The number of nitrogens with two attached hydrogens (primary N) is 1. The Kier molecular flexibility index (Phi) is 2.98.